The third-order valence-electron chi connectivity index (χ3n) is 0.469. The summed E-state index contributed by atoms with van der Waals surface area (Å²) in [6, 6.07) is 0. The standard InChI is InChI=1S/3CH3O3P/c3*1-4-5(2)3/h3*1H3/p+3. The van der Waals surface area contributed by atoms with E-state index in [4.69, 9.17) is 14.7 Å². The monoisotopic (exact) mass is 285 g/mol. The molecule has 0 aromatic heterocycles. The van der Waals surface area contributed by atoms with Crippen molar-refractivity contribution in [1.82, 2.24) is 0 Å². The maximum absolute atomic E-state index is 9.29. The molecule has 0 aliphatic rings. The Hall–Kier alpha value is 0.0600. The van der Waals surface area contributed by atoms with E-state index in [1.165, 1.54) is 21.3 Å². The molecule has 0 bridgehead atoms. The Morgan fingerprint density at radius 3 is 0.733 bits per heavy atom. The van der Waals surface area contributed by atoms with Crippen molar-refractivity contribution in [2.24, 2.45) is 0 Å². The van der Waals surface area contributed by atoms with Crippen molar-refractivity contribution in [3.63, 3.8) is 0 Å². The zero-order valence-corrected chi connectivity index (χ0v) is 10.8. The molecule has 0 aromatic rings. The Balaban J connectivity index is -0.000000144. The van der Waals surface area contributed by atoms with Crippen LogP contribution in [0, 0.1) is 0 Å². The van der Waals surface area contributed by atoms with Crippen LogP contribution in [-0.2, 0) is 27.3 Å². The van der Waals surface area contributed by atoms with Crippen LogP contribution in [0.3, 0.4) is 0 Å². The average molecular weight is 285 g/mol. The summed E-state index contributed by atoms with van der Waals surface area (Å²) in [7, 11) is -3.55. The minimum absolute atomic E-state index is 1.17. The minimum atomic E-state index is -2.35. The number of rotatable bonds is 3. The van der Waals surface area contributed by atoms with Gasteiger partial charge in [0, 0.05) is 13.7 Å². The van der Waals surface area contributed by atoms with Gasteiger partial charge >= 0.3 is 24.8 Å². The van der Waals surface area contributed by atoms with Gasteiger partial charge in [0.1, 0.15) is 0 Å². The first-order valence-corrected chi connectivity index (χ1v) is 6.31. The second kappa shape index (κ2) is 16.5. The maximum Gasteiger partial charge on any atom is 0.694 e. The Bertz CT molecular complexity index is 160. The molecule has 3 atom stereocenters. The van der Waals surface area contributed by atoms with Gasteiger partial charge in [0.15, 0.2) is 0 Å². The van der Waals surface area contributed by atoms with Gasteiger partial charge in [0.25, 0.3) is 0 Å². The van der Waals surface area contributed by atoms with E-state index in [-0.39, 0.29) is 0 Å². The van der Waals surface area contributed by atoms with E-state index >= 15 is 0 Å². The molecule has 0 heterocycles. The second-order valence-electron chi connectivity index (χ2n) is 1.26. The van der Waals surface area contributed by atoms with Crippen molar-refractivity contribution < 1.29 is 41.9 Å². The molecule has 0 aliphatic heterocycles. The van der Waals surface area contributed by atoms with Gasteiger partial charge in [-0.25, -0.2) is 0 Å². The molecule has 0 amide bonds. The molecule has 3 N–H and O–H groups in total. The highest BCUT2D eigenvalue weighted by atomic mass is 31.1. The average Bonchev–Trinajstić information content (AvgIpc) is 2.19. The molecular weight excluding hydrogens is 273 g/mol. The predicted molar refractivity (Wildman–Crippen MR) is 50.5 cm³/mol. The van der Waals surface area contributed by atoms with Crippen LogP contribution < -0.4 is 0 Å². The van der Waals surface area contributed by atoms with Crippen molar-refractivity contribution >= 4 is 24.8 Å². The summed E-state index contributed by atoms with van der Waals surface area (Å²) in [6.45, 7) is 0. The molecule has 0 saturated carbocycles. The molecule has 0 aliphatic carbocycles. The lowest BCUT2D eigenvalue weighted by molar-refractivity contribution is 0.342. The van der Waals surface area contributed by atoms with Gasteiger partial charge in [-0.3, -0.25) is 0 Å². The first-order chi connectivity index (χ1) is 6.81. The minimum Gasteiger partial charge on any atom is -0.133 e. The maximum atomic E-state index is 9.29. The zero-order chi connectivity index (χ0) is 12.9. The quantitative estimate of drug-likeness (QED) is 0.643. The van der Waals surface area contributed by atoms with Gasteiger partial charge in [-0.05, 0) is 0 Å². The lowest BCUT2D eigenvalue weighted by Crippen LogP contribution is -1.57. The predicted octanol–water partition coefficient (Wildman–Crippen LogP) is 0.847. The Labute approximate surface area is 88.8 Å². The topological polar surface area (TPSA) is 140 Å². The summed E-state index contributed by atoms with van der Waals surface area (Å²) in [4.78, 5) is 22.9. The summed E-state index contributed by atoms with van der Waals surface area (Å²) in [5.41, 5.74) is 0. The highest BCUT2D eigenvalue weighted by Gasteiger charge is 2.03. The van der Waals surface area contributed by atoms with Crippen molar-refractivity contribution in [3.05, 3.63) is 0 Å². The molecule has 0 spiro atoms. The zero-order valence-electron chi connectivity index (χ0n) is 8.13. The summed E-state index contributed by atoms with van der Waals surface area (Å²) >= 11 is 0. The fourth-order valence-electron chi connectivity index (χ4n) is 0. The Morgan fingerprint density at radius 2 is 0.733 bits per heavy atom. The van der Waals surface area contributed by atoms with Crippen LogP contribution in [0.2, 0.25) is 0 Å². The lowest BCUT2D eigenvalue weighted by Gasteiger charge is -1.55. The first kappa shape index (κ1) is 20.5. The van der Waals surface area contributed by atoms with Gasteiger partial charge in [0.2, 0.25) is 0 Å². The molecule has 90 valence electrons. The van der Waals surface area contributed by atoms with Crippen LogP contribution in [0.4, 0.5) is 0 Å². The number of hydrogen-bond acceptors (Lipinski definition) is 6. The van der Waals surface area contributed by atoms with E-state index in [2.05, 4.69) is 13.6 Å². The van der Waals surface area contributed by atoms with Crippen LogP contribution in [-0.4, -0.2) is 36.0 Å². The fraction of sp³-hybridized carbons (Fsp3) is 1.00. The van der Waals surface area contributed by atoms with Gasteiger partial charge in [-0.2, -0.15) is 0 Å². The van der Waals surface area contributed by atoms with Crippen molar-refractivity contribution in [1.29, 1.82) is 0 Å². The largest absolute Gasteiger partial charge is 0.694 e. The highest BCUT2D eigenvalue weighted by Crippen LogP contribution is 2.10. The van der Waals surface area contributed by atoms with E-state index in [1.807, 2.05) is 0 Å². The molecular formula is C3H12O9P3+3. The first-order valence-electron chi connectivity index (χ1n) is 2.92. The van der Waals surface area contributed by atoms with Gasteiger partial charge in [-0.1, -0.05) is 0 Å². The summed E-state index contributed by atoms with van der Waals surface area (Å²) in [5.74, 6) is 0. The summed E-state index contributed by atoms with van der Waals surface area (Å²) in [5, 5.41) is 0. The van der Waals surface area contributed by atoms with Gasteiger partial charge in [0.05, 0.1) is 21.3 Å². The summed E-state index contributed by atoms with van der Waals surface area (Å²) in [6.07, 6.45) is 0. The molecule has 0 fully saturated rings. The van der Waals surface area contributed by atoms with Crippen LogP contribution in [0.25, 0.3) is 0 Å². The molecule has 12 heteroatoms. The van der Waals surface area contributed by atoms with Gasteiger partial charge in [-0.15, -0.1) is 28.3 Å². The molecule has 0 rings (SSSR count). The van der Waals surface area contributed by atoms with Gasteiger partial charge < -0.3 is 0 Å². The van der Waals surface area contributed by atoms with E-state index in [1.54, 1.807) is 0 Å². The Kier molecular flexibility index (Phi) is 22.5. The van der Waals surface area contributed by atoms with Crippen molar-refractivity contribution in [2.75, 3.05) is 21.3 Å². The van der Waals surface area contributed by atoms with Crippen LogP contribution >= 0.6 is 24.8 Å². The van der Waals surface area contributed by atoms with Crippen LogP contribution in [0.1, 0.15) is 0 Å². The third kappa shape index (κ3) is 55.7. The van der Waals surface area contributed by atoms with E-state index in [0.29, 0.717) is 0 Å². The molecule has 0 radical (unpaired) electrons. The molecule has 0 aromatic carbocycles. The normalized spacial score (nSPS) is 11.2. The lowest BCUT2D eigenvalue weighted by atomic mass is 11.8. The molecule has 15 heavy (non-hydrogen) atoms. The van der Waals surface area contributed by atoms with Crippen molar-refractivity contribution in [3.8, 4) is 0 Å². The Morgan fingerprint density at radius 1 is 0.667 bits per heavy atom. The molecule has 0 saturated heterocycles. The highest BCUT2D eigenvalue weighted by molar-refractivity contribution is 7.32. The van der Waals surface area contributed by atoms with Crippen LogP contribution in [0.15, 0.2) is 0 Å². The molecule has 9 nitrogen and oxygen atoms in total. The van der Waals surface area contributed by atoms with E-state index < -0.39 is 24.8 Å². The molecule has 3 unspecified atom stereocenters. The smallest absolute Gasteiger partial charge is 0.133 e. The van der Waals surface area contributed by atoms with E-state index in [9.17, 15) is 13.7 Å². The van der Waals surface area contributed by atoms with Crippen molar-refractivity contribution in [2.45, 2.75) is 0 Å². The fourth-order valence-corrected chi connectivity index (χ4v) is 0. The summed E-state index contributed by atoms with van der Waals surface area (Å²) < 4.78 is 39.3. The number of hydrogen-bond donors (Lipinski definition) is 3. The van der Waals surface area contributed by atoms with Crippen LogP contribution in [0.5, 0.6) is 0 Å². The second-order valence-corrected chi connectivity index (χ2v) is 3.78. The SMILES string of the molecule is CO[P+](=O)O.CO[P+](=O)O.CO[P+](=O)O. The van der Waals surface area contributed by atoms with E-state index in [0.717, 1.165) is 0 Å². The third-order valence-corrected chi connectivity index (χ3v) is 1.41.